The molecule has 0 spiro atoms. The third-order valence-corrected chi connectivity index (χ3v) is 6.40. The Balaban J connectivity index is 1.48. The van der Waals surface area contributed by atoms with E-state index in [4.69, 9.17) is 14.2 Å². The number of nitrogens with zero attached hydrogens (tertiary/aromatic N) is 5. The summed E-state index contributed by atoms with van der Waals surface area (Å²) in [5.74, 6) is 0.148. The van der Waals surface area contributed by atoms with Crippen LogP contribution in [0.5, 0.6) is 17.4 Å². The van der Waals surface area contributed by atoms with E-state index in [2.05, 4.69) is 25.3 Å². The number of nitrogens with one attached hydrogen (secondary N) is 1. The predicted molar refractivity (Wildman–Crippen MR) is 133 cm³/mol. The average Bonchev–Trinajstić information content (AvgIpc) is 3.77. The molecule has 0 atom stereocenters. The first-order valence-electron chi connectivity index (χ1n) is 12.2. The standard InChI is InChI=1S/C26H20F4N6O4/c1-38-19-11-31-23-20-21(13-4-5-13)32-12-33-24(20)40-8-7-39-18-10-17(15(27)9-16(18)34-22(19)35-23)36-6-2-3-14(25(36)37)26(28,29)30/h2-3,6,9-13H,4-5,7-8H2,1H3,(H,31,34,35). The summed E-state index contributed by atoms with van der Waals surface area (Å²) in [7, 11) is 1.41. The number of benzene rings is 1. The molecule has 0 radical (unpaired) electrons. The molecule has 0 unspecified atom stereocenters. The molecule has 1 aliphatic carbocycles. The van der Waals surface area contributed by atoms with E-state index in [-0.39, 0.29) is 53.8 Å². The van der Waals surface area contributed by atoms with Crippen molar-refractivity contribution in [1.29, 1.82) is 0 Å². The van der Waals surface area contributed by atoms with E-state index in [1.165, 1.54) is 19.6 Å². The summed E-state index contributed by atoms with van der Waals surface area (Å²) in [4.78, 5) is 30.3. The van der Waals surface area contributed by atoms with Crippen LogP contribution in [0.4, 0.5) is 29.1 Å². The van der Waals surface area contributed by atoms with Crippen molar-refractivity contribution in [2.24, 2.45) is 0 Å². The maximum absolute atomic E-state index is 15.4. The zero-order valence-corrected chi connectivity index (χ0v) is 20.8. The zero-order valence-electron chi connectivity index (χ0n) is 20.8. The molecule has 1 fully saturated rings. The Morgan fingerprint density at radius 3 is 2.67 bits per heavy atom. The van der Waals surface area contributed by atoms with Gasteiger partial charge in [0.05, 0.1) is 30.4 Å². The van der Waals surface area contributed by atoms with E-state index in [9.17, 15) is 18.0 Å². The van der Waals surface area contributed by atoms with Crippen molar-refractivity contribution in [1.82, 2.24) is 24.5 Å². The van der Waals surface area contributed by atoms with Crippen molar-refractivity contribution in [3.8, 4) is 34.5 Å². The van der Waals surface area contributed by atoms with Gasteiger partial charge in [-0.05, 0) is 25.0 Å². The molecule has 1 aromatic carbocycles. The highest BCUT2D eigenvalue weighted by molar-refractivity contribution is 5.73. The third-order valence-electron chi connectivity index (χ3n) is 6.40. The van der Waals surface area contributed by atoms with Crippen LogP contribution in [-0.4, -0.2) is 44.8 Å². The lowest BCUT2D eigenvalue weighted by atomic mass is 10.1. The largest absolute Gasteiger partial charge is 0.491 e. The van der Waals surface area contributed by atoms with Crippen molar-refractivity contribution < 1.29 is 31.8 Å². The minimum absolute atomic E-state index is 0.00673. The second-order valence-electron chi connectivity index (χ2n) is 9.04. The molecule has 0 saturated heterocycles. The van der Waals surface area contributed by atoms with Crippen molar-refractivity contribution in [3.05, 3.63) is 70.4 Å². The third kappa shape index (κ3) is 4.65. The van der Waals surface area contributed by atoms with Crippen LogP contribution in [0.25, 0.3) is 17.1 Å². The average molecular weight is 556 g/mol. The van der Waals surface area contributed by atoms with Crippen molar-refractivity contribution in [3.63, 3.8) is 0 Å². The smallest absolute Gasteiger partial charge is 0.421 e. The van der Waals surface area contributed by atoms with Gasteiger partial charge >= 0.3 is 6.18 Å². The molecule has 2 bridgehead atoms. The predicted octanol–water partition coefficient (Wildman–Crippen LogP) is 4.64. The van der Waals surface area contributed by atoms with Crippen LogP contribution in [-0.2, 0) is 6.18 Å². The number of pyridine rings is 1. The number of hydrogen-bond acceptors (Lipinski definition) is 9. The lowest BCUT2D eigenvalue weighted by molar-refractivity contribution is -0.138. The number of aromatic nitrogens is 5. The lowest BCUT2D eigenvalue weighted by Crippen LogP contribution is -2.27. The highest BCUT2D eigenvalue weighted by Gasteiger charge is 2.35. The van der Waals surface area contributed by atoms with E-state index < -0.39 is 28.8 Å². The fourth-order valence-electron chi connectivity index (χ4n) is 4.36. The molecule has 206 valence electrons. The number of hydrogen-bond donors (Lipinski definition) is 1. The van der Waals surface area contributed by atoms with Crippen LogP contribution < -0.4 is 25.1 Å². The Hall–Kier alpha value is -4.75. The summed E-state index contributed by atoms with van der Waals surface area (Å²) in [5.41, 5.74) is -1.94. The molecule has 1 N–H and O–H groups in total. The van der Waals surface area contributed by atoms with Crippen LogP contribution in [0.15, 0.2) is 47.8 Å². The van der Waals surface area contributed by atoms with Gasteiger partial charge in [0.15, 0.2) is 17.4 Å². The van der Waals surface area contributed by atoms with Gasteiger partial charge in [-0.1, -0.05) is 0 Å². The van der Waals surface area contributed by atoms with E-state index in [1.807, 2.05) is 0 Å². The molecule has 6 rings (SSSR count). The van der Waals surface area contributed by atoms with Crippen LogP contribution in [0.1, 0.15) is 30.0 Å². The van der Waals surface area contributed by atoms with Gasteiger partial charge in [0.1, 0.15) is 42.2 Å². The molecule has 4 heterocycles. The molecular weight excluding hydrogens is 536 g/mol. The summed E-state index contributed by atoms with van der Waals surface area (Å²) >= 11 is 0. The van der Waals surface area contributed by atoms with Gasteiger partial charge in [-0.3, -0.25) is 9.36 Å². The molecule has 1 saturated carbocycles. The quantitative estimate of drug-likeness (QED) is 0.361. The summed E-state index contributed by atoms with van der Waals surface area (Å²) in [5, 5.41) is 2.97. The molecule has 40 heavy (non-hydrogen) atoms. The summed E-state index contributed by atoms with van der Waals surface area (Å²) in [6.07, 6.45) is 0.872. The summed E-state index contributed by atoms with van der Waals surface area (Å²) in [6, 6.07) is 3.77. The fraction of sp³-hybridized carbons (Fsp3) is 0.269. The molecule has 14 heteroatoms. The van der Waals surface area contributed by atoms with Crippen LogP contribution in [0.3, 0.4) is 0 Å². The van der Waals surface area contributed by atoms with Gasteiger partial charge in [0.2, 0.25) is 5.88 Å². The van der Waals surface area contributed by atoms with Gasteiger partial charge in [-0.2, -0.15) is 13.2 Å². The van der Waals surface area contributed by atoms with Crippen molar-refractivity contribution in [2.45, 2.75) is 24.9 Å². The Kier molecular flexibility index (Phi) is 6.24. The maximum atomic E-state index is 15.4. The lowest BCUT2D eigenvalue weighted by Gasteiger charge is -2.20. The van der Waals surface area contributed by atoms with E-state index in [0.717, 1.165) is 42.9 Å². The highest BCUT2D eigenvalue weighted by atomic mass is 19.4. The van der Waals surface area contributed by atoms with E-state index >= 15 is 4.39 Å². The molecule has 2 aliphatic rings. The molecular formula is C26H20F4N6O4. The molecule has 1 aliphatic heterocycles. The topological polar surface area (TPSA) is 113 Å². The number of alkyl halides is 3. The van der Waals surface area contributed by atoms with Crippen LogP contribution in [0.2, 0.25) is 0 Å². The molecule has 0 amide bonds. The molecule has 3 aromatic heterocycles. The SMILES string of the molecule is COc1cnc2nc1Nc1cc(F)c(-n3cccc(C(F)(F)F)c3=O)cc1OCCOc1ncnc(C3CC3)c1-2. The van der Waals surface area contributed by atoms with Gasteiger partial charge < -0.3 is 19.5 Å². The first-order chi connectivity index (χ1) is 19.2. The maximum Gasteiger partial charge on any atom is 0.421 e. The highest BCUT2D eigenvalue weighted by Crippen LogP contribution is 2.45. The number of ether oxygens (including phenoxy) is 3. The Labute approximate surface area is 223 Å². The second kappa shape index (κ2) is 9.77. The number of anilines is 2. The molecule has 10 nitrogen and oxygen atoms in total. The van der Waals surface area contributed by atoms with Gasteiger partial charge in [-0.15, -0.1) is 0 Å². The van der Waals surface area contributed by atoms with Gasteiger partial charge in [0, 0.05) is 24.2 Å². The first kappa shape index (κ1) is 25.5. The van der Waals surface area contributed by atoms with Gasteiger partial charge in [0.25, 0.3) is 5.56 Å². The number of fused-ring (bicyclic) bond motifs is 5. The number of rotatable bonds is 3. The monoisotopic (exact) mass is 556 g/mol. The van der Waals surface area contributed by atoms with Crippen LogP contribution >= 0.6 is 0 Å². The van der Waals surface area contributed by atoms with E-state index in [0.29, 0.717) is 16.2 Å². The van der Waals surface area contributed by atoms with E-state index in [1.54, 1.807) is 0 Å². The Bertz CT molecular complexity index is 1670. The normalized spacial score (nSPS) is 14.8. The zero-order chi connectivity index (χ0) is 28.0. The second-order valence-corrected chi connectivity index (χ2v) is 9.04. The Morgan fingerprint density at radius 1 is 1.12 bits per heavy atom. The molecule has 4 aromatic rings. The van der Waals surface area contributed by atoms with Gasteiger partial charge in [-0.25, -0.2) is 24.3 Å². The summed E-state index contributed by atoms with van der Waals surface area (Å²) in [6.45, 7) is -0.0435. The minimum Gasteiger partial charge on any atom is -0.491 e. The Morgan fingerprint density at radius 2 is 1.93 bits per heavy atom. The number of halogens is 4. The summed E-state index contributed by atoms with van der Waals surface area (Å²) < 4.78 is 73.1. The van der Waals surface area contributed by atoms with Crippen LogP contribution in [0, 0.1) is 5.82 Å². The minimum atomic E-state index is -4.91. The van der Waals surface area contributed by atoms with Crippen molar-refractivity contribution >= 4 is 11.5 Å². The van der Waals surface area contributed by atoms with Crippen molar-refractivity contribution in [2.75, 3.05) is 25.6 Å². The first-order valence-corrected chi connectivity index (χ1v) is 12.2. The fourth-order valence-corrected chi connectivity index (χ4v) is 4.36. The number of methoxy groups -OCH3 is 1.